The van der Waals surface area contributed by atoms with Crippen molar-refractivity contribution in [2.45, 2.75) is 18.6 Å². The van der Waals surface area contributed by atoms with Gasteiger partial charge in [-0.3, -0.25) is 4.79 Å². The van der Waals surface area contributed by atoms with Crippen molar-refractivity contribution in [2.75, 3.05) is 25.9 Å². The maximum Gasteiger partial charge on any atom is 0.224 e. The van der Waals surface area contributed by atoms with Gasteiger partial charge in [0.05, 0.1) is 5.92 Å². The highest BCUT2D eigenvalue weighted by molar-refractivity contribution is 7.99. The van der Waals surface area contributed by atoms with Crippen molar-refractivity contribution in [3.05, 3.63) is 0 Å². The van der Waals surface area contributed by atoms with E-state index in [1.807, 2.05) is 0 Å². The van der Waals surface area contributed by atoms with Crippen molar-refractivity contribution in [2.24, 2.45) is 5.92 Å². The largest absolute Gasteiger partial charge is 0.355 e. The molecule has 2 atom stereocenters. The van der Waals surface area contributed by atoms with Gasteiger partial charge in [0, 0.05) is 18.3 Å². The van der Waals surface area contributed by atoms with Crippen LogP contribution in [0.2, 0.25) is 0 Å². The molecule has 0 radical (unpaired) electrons. The molecule has 1 amide bonds. The molecule has 1 heterocycles. The second-order valence-corrected chi connectivity index (χ2v) is 4.76. The van der Waals surface area contributed by atoms with Crippen LogP contribution in [0.4, 0.5) is 0 Å². The molecule has 0 saturated carbocycles. The second kappa shape index (κ2) is 5.50. The molecule has 0 bridgehead atoms. The van der Waals surface area contributed by atoms with Gasteiger partial charge in [0.2, 0.25) is 5.91 Å². The Morgan fingerprint density at radius 3 is 3.08 bits per heavy atom. The molecular weight excluding hydrogens is 184 g/mol. The van der Waals surface area contributed by atoms with Crippen molar-refractivity contribution < 1.29 is 4.79 Å². The fourth-order valence-corrected chi connectivity index (χ4v) is 1.60. The SMILES string of the molecule is CS[C@H](C)CNC(=O)[C@H]1CCNC1. The molecule has 13 heavy (non-hydrogen) atoms. The molecule has 1 fully saturated rings. The number of nitrogens with one attached hydrogen (secondary N) is 2. The van der Waals surface area contributed by atoms with Gasteiger partial charge in [-0.05, 0) is 19.2 Å². The van der Waals surface area contributed by atoms with Crippen LogP contribution < -0.4 is 10.6 Å². The van der Waals surface area contributed by atoms with E-state index < -0.39 is 0 Å². The molecule has 3 nitrogen and oxygen atoms in total. The summed E-state index contributed by atoms with van der Waals surface area (Å²) in [5.41, 5.74) is 0. The van der Waals surface area contributed by atoms with Crippen molar-refractivity contribution in [1.29, 1.82) is 0 Å². The number of carbonyl (C=O) groups excluding carboxylic acids is 1. The van der Waals surface area contributed by atoms with Crippen LogP contribution in [0.1, 0.15) is 13.3 Å². The fourth-order valence-electron chi connectivity index (χ4n) is 1.35. The van der Waals surface area contributed by atoms with E-state index in [9.17, 15) is 4.79 Å². The summed E-state index contributed by atoms with van der Waals surface area (Å²) in [6.07, 6.45) is 3.05. The van der Waals surface area contributed by atoms with E-state index >= 15 is 0 Å². The monoisotopic (exact) mass is 202 g/mol. The van der Waals surface area contributed by atoms with Gasteiger partial charge in [-0.15, -0.1) is 0 Å². The van der Waals surface area contributed by atoms with Gasteiger partial charge in [0.25, 0.3) is 0 Å². The molecule has 76 valence electrons. The molecule has 1 aliphatic heterocycles. The molecule has 0 spiro atoms. The Labute approximate surface area is 84.0 Å². The average Bonchev–Trinajstić information content (AvgIpc) is 2.66. The average molecular weight is 202 g/mol. The van der Waals surface area contributed by atoms with E-state index in [2.05, 4.69) is 23.8 Å². The van der Waals surface area contributed by atoms with Crippen molar-refractivity contribution in [3.63, 3.8) is 0 Å². The van der Waals surface area contributed by atoms with Crippen molar-refractivity contribution >= 4 is 17.7 Å². The van der Waals surface area contributed by atoms with Crippen LogP contribution in [0.15, 0.2) is 0 Å². The molecule has 0 aromatic heterocycles. The molecule has 1 aliphatic rings. The first-order valence-corrected chi connectivity index (χ1v) is 6.04. The van der Waals surface area contributed by atoms with E-state index in [-0.39, 0.29) is 11.8 Å². The summed E-state index contributed by atoms with van der Waals surface area (Å²) < 4.78 is 0. The van der Waals surface area contributed by atoms with Crippen molar-refractivity contribution in [1.82, 2.24) is 10.6 Å². The molecule has 0 aliphatic carbocycles. The fraction of sp³-hybridized carbons (Fsp3) is 0.889. The summed E-state index contributed by atoms with van der Waals surface area (Å²) in [6, 6.07) is 0. The molecule has 4 heteroatoms. The highest BCUT2D eigenvalue weighted by atomic mass is 32.2. The molecule has 2 N–H and O–H groups in total. The van der Waals surface area contributed by atoms with Crippen LogP contribution in [0.3, 0.4) is 0 Å². The van der Waals surface area contributed by atoms with Crippen LogP contribution in [-0.4, -0.2) is 37.0 Å². The standard InChI is InChI=1S/C9H18N2OS/c1-7(13-2)5-11-9(12)8-3-4-10-6-8/h7-8,10H,3-6H2,1-2H3,(H,11,12)/t7-,8+/m1/s1. The summed E-state index contributed by atoms with van der Waals surface area (Å²) in [4.78, 5) is 11.5. The third kappa shape index (κ3) is 3.56. The highest BCUT2D eigenvalue weighted by Crippen LogP contribution is 2.08. The van der Waals surface area contributed by atoms with Crippen molar-refractivity contribution in [3.8, 4) is 0 Å². The minimum atomic E-state index is 0.203. The predicted molar refractivity (Wildman–Crippen MR) is 57.0 cm³/mol. The quantitative estimate of drug-likeness (QED) is 0.696. The Morgan fingerprint density at radius 2 is 2.54 bits per heavy atom. The Hall–Kier alpha value is -0.220. The molecule has 0 aromatic rings. The molecular formula is C9H18N2OS. The van der Waals surface area contributed by atoms with Gasteiger partial charge in [-0.1, -0.05) is 6.92 Å². The third-order valence-corrected chi connectivity index (χ3v) is 3.37. The van der Waals surface area contributed by atoms with Crippen LogP contribution in [-0.2, 0) is 4.79 Å². The third-order valence-electron chi connectivity index (χ3n) is 2.40. The molecule has 1 saturated heterocycles. The lowest BCUT2D eigenvalue weighted by molar-refractivity contribution is -0.124. The van der Waals surface area contributed by atoms with Gasteiger partial charge in [-0.2, -0.15) is 11.8 Å². The van der Waals surface area contributed by atoms with E-state index in [1.54, 1.807) is 11.8 Å². The highest BCUT2D eigenvalue weighted by Gasteiger charge is 2.21. The van der Waals surface area contributed by atoms with E-state index in [0.29, 0.717) is 5.25 Å². The lowest BCUT2D eigenvalue weighted by atomic mass is 10.1. The van der Waals surface area contributed by atoms with Gasteiger partial charge in [-0.25, -0.2) is 0 Å². The Kier molecular flexibility index (Phi) is 4.59. The number of amides is 1. The molecule has 0 unspecified atom stereocenters. The van der Waals surface area contributed by atoms with E-state index in [0.717, 1.165) is 26.1 Å². The predicted octanol–water partition coefficient (Wildman–Crippen LogP) is 0.464. The molecule has 0 aromatic carbocycles. The zero-order chi connectivity index (χ0) is 9.68. The lowest BCUT2D eigenvalue weighted by Crippen LogP contribution is -2.35. The summed E-state index contributed by atoms with van der Waals surface area (Å²) in [7, 11) is 0. The van der Waals surface area contributed by atoms with Gasteiger partial charge >= 0.3 is 0 Å². The first kappa shape index (κ1) is 10.9. The van der Waals surface area contributed by atoms with Gasteiger partial charge < -0.3 is 10.6 Å². The Balaban J connectivity index is 2.16. The smallest absolute Gasteiger partial charge is 0.224 e. The summed E-state index contributed by atoms with van der Waals surface area (Å²) >= 11 is 1.78. The summed E-state index contributed by atoms with van der Waals surface area (Å²) in [5, 5.41) is 6.68. The van der Waals surface area contributed by atoms with Crippen LogP contribution in [0.25, 0.3) is 0 Å². The van der Waals surface area contributed by atoms with Gasteiger partial charge in [0.1, 0.15) is 0 Å². The number of hydrogen-bond donors (Lipinski definition) is 2. The molecule has 1 rings (SSSR count). The second-order valence-electron chi connectivity index (χ2n) is 3.48. The Bertz CT molecular complexity index is 169. The minimum absolute atomic E-state index is 0.203. The van der Waals surface area contributed by atoms with E-state index in [1.165, 1.54) is 0 Å². The summed E-state index contributed by atoms with van der Waals surface area (Å²) in [5.74, 6) is 0.417. The zero-order valence-corrected chi connectivity index (χ0v) is 9.12. The summed E-state index contributed by atoms with van der Waals surface area (Å²) in [6.45, 7) is 4.74. The number of rotatable bonds is 4. The number of hydrogen-bond acceptors (Lipinski definition) is 3. The Morgan fingerprint density at radius 1 is 1.77 bits per heavy atom. The van der Waals surface area contributed by atoms with Crippen LogP contribution in [0.5, 0.6) is 0 Å². The first-order valence-electron chi connectivity index (χ1n) is 4.75. The first-order chi connectivity index (χ1) is 6.24. The van der Waals surface area contributed by atoms with E-state index in [4.69, 9.17) is 0 Å². The number of thioether (sulfide) groups is 1. The van der Waals surface area contributed by atoms with Gasteiger partial charge in [0.15, 0.2) is 0 Å². The van der Waals surface area contributed by atoms with Crippen LogP contribution in [0, 0.1) is 5.92 Å². The maximum atomic E-state index is 11.5. The maximum absolute atomic E-state index is 11.5. The topological polar surface area (TPSA) is 41.1 Å². The minimum Gasteiger partial charge on any atom is -0.355 e. The lowest BCUT2D eigenvalue weighted by Gasteiger charge is -2.12. The zero-order valence-electron chi connectivity index (χ0n) is 8.30. The van der Waals surface area contributed by atoms with Crippen LogP contribution >= 0.6 is 11.8 Å². The number of carbonyl (C=O) groups is 1. The normalized spacial score (nSPS) is 24.3.